The Kier molecular flexibility index (Phi) is 5.98. The largest absolute Gasteiger partial charge is 0.497 e. The van der Waals surface area contributed by atoms with Crippen LogP contribution in [0.1, 0.15) is 12.8 Å². The maximum atomic E-state index is 13.5. The Balaban J connectivity index is 1.37. The fourth-order valence-electron chi connectivity index (χ4n) is 4.01. The Hall–Kier alpha value is -3.41. The monoisotopic (exact) mass is 495 g/mol. The lowest BCUT2D eigenvalue weighted by Gasteiger charge is -2.23. The van der Waals surface area contributed by atoms with Crippen LogP contribution in [-0.4, -0.2) is 53.5 Å². The molecular formula is C23H21N5O4S2. The van der Waals surface area contributed by atoms with Gasteiger partial charge in [-0.15, -0.1) is 10.2 Å². The van der Waals surface area contributed by atoms with E-state index in [2.05, 4.69) is 20.5 Å². The molecular weight excluding hydrogens is 474 g/mol. The summed E-state index contributed by atoms with van der Waals surface area (Å²) in [6.07, 6.45) is 2.57. The molecule has 174 valence electrons. The Morgan fingerprint density at radius 1 is 1.12 bits per heavy atom. The number of para-hydroxylation sites is 1. The van der Waals surface area contributed by atoms with Crippen LogP contribution in [-0.2, 0) is 14.8 Å². The van der Waals surface area contributed by atoms with E-state index < -0.39 is 22.0 Å². The molecule has 34 heavy (non-hydrogen) atoms. The number of pyridine rings is 1. The third-order valence-electron chi connectivity index (χ3n) is 5.68. The number of rotatable bonds is 6. The van der Waals surface area contributed by atoms with Crippen molar-refractivity contribution in [2.75, 3.05) is 19.0 Å². The predicted molar refractivity (Wildman–Crippen MR) is 129 cm³/mol. The Bertz CT molecular complexity index is 1450. The van der Waals surface area contributed by atoms with Crippen LogP contribution < -0.4 is 10.1 Å². The average molecular weight is 496 g/mol. The number of amides is 1. The van der Waals surface area contributed by atoms with E-state index in [0.29, 0.717) is 28.5 Å². The van der Waals surface area contributed by atoms with Gasteiger partial charge in [0.2, 0.25) is 21.1 Å². The highest BCUT2D eigenvalue weighted by molar-refractivity contribution is 7.89. The van der Waals surface area contributed by atoms with E-state index in [9.17, 15) is 13.2 Å². The SMILES string of the molecule is COc1ccc(-c2nnc(NC(=O)C3CCCN3S(=O)(=O)c3cccc4cccnc34)s2)cc1. The van der Waals surface area contributed by atoms with Crippen LogP contribution >= 0.6 is 11.3 Å². The number of nitrogens with one attached hydrogen (secondary N) is 1. The second-order valence-corrected chi connectivity index (χ2v) is 10.6. The molecule has 11 heteroatoms. The standard InChI is InChI=1S/C23H21N5O4S2/c1-32-17-11-9-16(10-12-17)22-26-27-23(33-22)25-21(29)18-7-4-14-28(18)34(30,31)19-8-2-5-15-6-3-13-24-20(15)19/h2-3,5-6,8-13,18H,4,7,14H2,1H3,(H,25,27,29). The predicted octanol–water partition coefficient (Wildman–Crippen LogP) is 3.55. The number of hydrogen-bond donors (Lipinski definition) is 1. The van der Waals surface area contributed by atoms with E-state index in [-0.39, 0.29) is 11.4 Å². The van der Waals surface area contributed by atoms with E-state index in [1.807, 2.05) is 36.4 Å². The number of carbonyl (C=O) groups is 1. The van der Waals surface area contributed by atoms with Crippen molar-refractivity contribution < 1.29 is 17.9 Å². The van der Waals surface area contributed by atoms with Gasteiger partial charge in [0.25, 0.3) is 0 Å². The summed E-state index contributed by atoms with van der Waals surface area (Å²) < 4.78 is 33.5. The first-order valence-corrected chi connectivity index (χ1v) is 12.9. The van der Waals surface area contributed by atoms with Crippen LogP contribution in [0.5, 0.6) is 5.75 Å². The second-order valence-electron chi connectivity index (χ2n) is 7.74. The van der Waals surface area contributed by atoms with Gasteiger partial charge in [-0.1, -0.05) is 29.5 Å². The van der Waals surface area contributed by atoms with Gasteiger partial charge in [0.15, 0.2) is 0 Å². The molecule has 1 unspecified atom stereocenters. The molecule has 0 aliphatic carbocycles. The molecule has 9 nitrogen and oxygen atoms in total. The molecule has 0 spiro atoms. The van der Waals surface area contributed by atoms with Crippen molar-refractivity contribution in [2.45, 2.75) is 23.8 Å². The molecule has 1 aliphatic rings. The summed E-state index contributed by atoms with van der Waals surface area (Å²) in [6, 6.07) is 15.1. The van der Waals surface area contributed by atoms with E-state index in [1.54, 1.807) is 25.4 Å². The molecule has 1 fully saturated rings. The number of hydrogen-bond acceptors (Lipinski definition) is 8. The van der Waals surface area contributed by atoms with Crippen molar-refractivity contribution in [2.24, 2.45) is 0 Å². The molecule has 0 radical (unpaired) electrons. The van der Waals surface area contributed by atoms with Crippen molar-refractivity contribution in [3.63, 3.8) is 0 Å². The zero-order valence-electron chi connectivity index (χ0n) is 18.2. The topological polar surface area (TPSA) is 114 Å². The number of fused-ring (bicyclic) bond motifs is 1. The van der Waals surface area contributed by atoms with Crippen molar-refractivity contribution in [3.05, 3.63) is 60.8 Å². The minimum absolute atomic E-state index is 0.100. The minimum atomic E-state index is -3.93. The van der Waals surface area contributed by atoms with E-state index in [0.717, 1.165) is 16.7 Å². The lowest BCUT2D eigenvalue weighted by Crippen LogP contribution is -2.43. The Morgan fingerprint density at radius 2 is 1.91 bits per heavy atom. The molecule has 0 saturated carbocycles. The van der Waals surface area contributed by atoms with E-state index in [4.69, 9.17) is 4.74 Å². The first-order chi connectivity index (χ1) is 16.5. The fraction of sp³-hybridized carbons (Fsp3) is 0.217. The van der Waals surface area contributed by atoms with Crippen molar-refractivity contribution >= 4 is 43.3 Å². The molecule has 1 N–H and O–H groups in total. The highest BCUT2D eigenvalue weighted by atomic mass is 32.2. The van der Waals surface area contributed by atoms with Crippen molar-refractivity contribution in [1.82, 2.24) is 19.5 Å². The summed E-state index contributed by atoms with van der Waals surface area (Å²) >= 11 is 1.22. The third-order valence-corrected chi connectivity index (χ3v) is 8.51. The second kappa shape index (κ2) is 9.09. The van der Waals surface area contributed by atoms with Crippen LogP contribution in [0.4, 0.5) is 5.13 Å². The number of aromatic nitrogens is 3. The summed E-state index contributed by atoms with van der Waals surface area (Å²) in [5, 5.41) is 12.6. The quantitative estimate of drug-likeness (QED) is 0.435. The molecule has 1 amide bonds. The normalized spacial score (nSPS) is 16.6. The van der Waals surface area contributed by atoms with Crippen LogP contribution in [0.15, 0.2) is 65.7 Å². The summed E-state index contributed by atoms with van der Waals surface area (Å²) in [6.45, 7) is 0.261. The van der Waals surface area contributed by atoms with E-state index >= 15 is 0 Å². The maximum absolute atomic E-state index is 13.5. The zero-order chi connectivity index (χ0) is 23.7. The molecule has 1 saturated heterocycles. The van der Waals surface area contributed by atoms with Crippen LogP contribution in [0.25, 0.3) is 21.5 Å². The van der Waals surface area contributed by atoms with Gasteiger partial charge in [0.05, 0.1) is 12.6 Å². The lowest BCUT2D eigenvalue weighted by molar-refractivity contribution is -0.119. The molecule has 2 aromatic carbocycles. The van der Waals surface area contributed by atoms with Gasteiger partial charge in [-0.2, -0.15) is 4.31 Å². The summed E-state index contributed by atoms with van der Waals surface area (Å²) in [4.78, 5) is 17.5. The first-order valence-electron chi connectivity index (χ1n) is 10.6. The smallest absolute Gasteiger partial charge is 0.245 e. The lowest BCUT2D eigenvalue weighted by atomic mass is 10.2. The summed E-state index contributed by atoms with van der Waals surface area (Å²) in [5.41, 5.74) is 1.23. The van der Waals surface area contributed by atoms with Crippen LogP contribution in [0, 0.1) is 0 Å². The van der Waals surface area contributed by atoms with Crippen molar-refractivity contribution in [3.8, 4) is 16.3 Å². The number of methoxy groups -OCH3 is 1. The molecule has 0 bridgehead atoms. The molecule has 2 aromatic heterocycles. The van der Waals surface area contributed by atoms with Crippen molar-refractivity contribution in [1.29, 1.82) is 0 Å². The Morgan fingerprint density at radius 3 is 2.71 bits per heavy atom. The third kappa shape index (κ3) is 4.13. The number of nitrogens with zero attached hydrogens (tertiary/aromatic N) is 4. The minimum Gasteiger partial charge on any atom is -0.497 e. The molecule has 5 rings (SSSR count). The number of anilines is 1. The molecule has 4 aromatic rings. The fourth-order valence-corrected chi connectivity index (χ4v) is 6.59. The van der Waals surface area contributed by atoms with Gasteiger partial charge < -0.3 is 4.74 Å². The van der Waals surface area contributed by atoms with Gasteiger partial charge in [-0.05, 0) is 49.2 Å². The summed E-state index contributed by atoms with van der Waals surface area (Å²) in [5.74, 6) is 0.303. The summed E-state index contributed by atoms with van der Waals surface area (Å²) in [7, 11) is -2.34. The number of sulfonamides is 1. The maximum Gasteiger partial charge on any atom is 0.245 e. The number of benzene rings is 2. The van der Waals surface area contributed by atoms with Crippen LogP contribution in [0.3, 0.4) is 0 Å². The van der Waals surface area contributed by atoms with Gasteiger partial charge in [0, 0.05) is 23.7 Å². The van der Waals surface area contributed by atoms with Gasteiger partial charge >= 0.3 is 0 Å². The zero-order valence-corrected chi connectivity index (χ0v) is 19.8. The Labute approximate surface area is 200 Å². The number of ether oxygens (including phenoxy) is 1. The number of carbonyl (C=O) groups excluding carboxylic acids is 1. The molecule has 1 aliphatic heterocycles. The van der Waals surface area contributed by atoms with Crippen LogP contribution in [0.2, 0.25) is 0 Å². The molecule has 3 heterocycles. The van der Waals surface area contributed by atoms with Gasteiger partial charge in [-0.3, -0.25) is 15.1 Å². The van der Waals surface area contributed by atoms with E-state index in [1.165, 1.54) is 21.7 Å². The molecule has 1 atom stereocenters. The van der Waals surface area contributed by atoms with Gasteiger partial charge in [0.1, 0.15) is 21.7 Å². The highest BCUT2D eigenvalue weighted by Crippen LogP contribution is 2.32. The van der Waals surface area contributed by atoms with Gasteiger partial charge in [-0.25, -0.2) is 8.42 Å². The first kappa shape index (κ1) is 22.4. The highest BCUT2D eigenvalue weighted by Gasteiger charge is 2.40. The average Bonchev–Trinajstić information content (AvgIpc) is 3.54.